The van der Waals surface area contributed by atoms with E-state index in [9.17, 15) is 14.0 Å². The number of ether oxygens (including phenoxy) is 1. The van der Waals surface area contributed by atoms with Crippen LogP contribution in [0, 0.1) is 22.6 Å². The number of carbonyl (C=O) groups is 2. The van der Waals surface area contributed by atoms with Crippen LogP contribution in [-0.2, 0) is 9.59 Å². The van der Waals surface area contributed by atoms with Gasteiger partial charge < -0.3 is 26.0 Å². The molecule has 2 amide bonds. The van der Waals surface area contributed by atoms with Crippen molar-refractivity contribution in [3.63, 3.8) is 0 Å². The molecule has 12 nitrogen and oxygen atoms in total. The second-order valence-corrected chi connectivity index (χ2v) is 11.7. The number of benzene rings is 2. The van der Waals surface area contributed by atoms with E-state index in [1.807, 2.05) is 41.0 Å². The molecular formula is C35H40FN9O3. The van der Waals surface area contributed by atoms with Crippen LogP contribution in [0.15, 0.2) is 65.8 Å². The Labute approximate surface area is 278 Å². The Balaban J connectivity index is 1.18. The lowest BCUT2D eigenvalue weighted by Gasteiger charge is -2.29. The molecule has 1 aromatic heterocycles. The largest absolute Gasteiger partial charge is 0.495 e. The zero-order chi connectivity index (χ0) is 34.4. The maximum absolute atomic E-state index is 14.7. The van der Waals surface area contributed by atoms with Crippen molar-refractivity contribution in [2.75, 3.05) is 57.0 Å². The minimum atomic E-state index is -0.711. The molecule has 0 bridgehead atoms. The van der Waals surface area contributed by atoms with Gasteiger partial charge in [-0.1, -0.05) is 30.3 Å². The van der Waals surface area contributed by atoms with E-state index in [1.165, 1.54) is 13.3 Å². The number of likely N-dealkylation sites (tertiary alicyclic amines) is 1. The molecule has 0 unspecified atom stereocenters. The van der Waals surface area contributed by atoms with Crippen LogP contribution in [0.5, 0.6) is 5.75 Å². The molecule has 2 aromatic carbocycles. The molecular weight excluding hydrogens is 613 g/mol. The molecule has 6 N–H and O–H groups in total. The van der Waals surface area contributed by atoms with Crippen molar-refractivity contribution in [1.29, 1.82) is 10.8 Å². The average molecular weight is 654 g/mol. The quantitative estimate of drug-likeness (QED) is 0.147. The summed E-state index contributed by atoms with van der Waals surface area (Å²) in [6.07, 6.45) is 5.84. The molecule has 0 aliphatic carbocycles. The van der Waals surface area contributed by atoms with E-state index >= 15 is 0 Å². The first kappa shape index (κ1) is 33.9. The third kappa shape index (κ3) is 7.41. The number of carbonyl (C=O) groups excluding carboxylic acids is 2. The predicted molar refractivity (Wildman–Crippen MR) is 185 cm³/mol. The van der Waals surface area contributed by atoms with Gasteiger partial charge in [-0.05, 0) is 55.6 Å². The fourth-order valence-corrected chi connectivity index (χ4v) is 6.08. The van der Waals surface area contributed by atoms with Crippen molar-refractivity contribution in [3.05, 3.63) is 89.0 Å². The highest BCUT2D eigenvalue weighted by Crippen LogP contribution is 2.28. The van der Waals surface area contributed by atoms with Gasteiger partial charge in [0.25, 0.3) is 0 Å². The van der Waals surface area contributed by atoms with Crippen LogP contribution in [0.4, 0.5) is 15.8 Å². The van der Waals surface area contributed by atoms with Crippen LogP contribution in [0.1, 0.15) is 42.1 Å². The Morgan fingerprint density at radius 1 is 1.17 bits per heavy atom. The van der Waals surface area contributed by atoms with E-state index in [-0.39, 0.29) is 58.5 Å². The van der Waals surface area contributed by atoms with Gasteiger partial charge in [0.2, 0.25) is 11.8 Å². The first-order valence-electron chi connectivity index (χ1n) is 15.8. The number of amidine groups is 1. The number of nitrogens with zero attached hydrogens (tertiary/aromatic N) is 5. The lowest BCUT2D eigenvalue weighted by Crippen LogP contribution is -2.42. The number of rotatable bonds is 10. The highest BCUT2D eigenvalue weighted by Gasteiger charge is 2.33. The summed E-state index contributed by atoms with van der Waals surface area (Å²) >= 11 is 0. The number of nitrogens with one attached hydrogen (secondary N) is 2. The first-order valence-corrected chi connectivity index (χ1v) is 15.8. The molecule has 2 aliphatic rings. The van der Waals surface area contributed by atoms with Crippen molar-refractivity contribution in [1.82, 2.24) is 14.8 Å². The summed E-state index contributed by atoms with van der Waals surface area (Å²) in [5, 5.41) is 16.5. The monoisotopic (exact) mass is 653 g/mol. The van der Waals surface area contributed by atoms with Crippen molar-refractivity contribution >= 4 is 46.6 Å². The Morgan fingerprint density at radius 2 is 1.94 bits per heavy atom. The lowest BCUT2D eigenvalue weighted by molar-refractivity contribution is -0.132. The van der Waals surface area contributed by atoms with Crippen LogP contribution in [0.25, 0.3) is 5.57 Å². The number of aliphatic imine (C=N–C) groups is 1. The number of hydrogen-bond acceptors (Lipinski definition) is 8. The van der Waals surface area contributed by atoms with E-state index in [0.717, 1.165) is 30.0 Å². The van der Waals surface area contributed by atoms with Crippen molar-refractivity contribution in [2.45, 2.75) is 19.8 Å². The molecule has 2 aliphatic heterocycles. The van der Waals surface area contributed by atoms with Gasteiger partial charge in [-0.3, -0.25) is 25.3 Å². The maximum atomic E-state index is 14.7. The van der Waals surface area contributed by atoms with Gasteiger partial charge in [-0.25, -0.2) is 14.4 Å². The van der Waals surface area contributed by atoms with E-state index in [4.69, 9.17) is 27.0 Å². The minimum Gasteiger partial charge on any atom is -0.495 e. The third-order valence-electron chi connectivity index (χ3n) is 8.76. The molecule has 3 heterocycles. The minimum absolute atomic E-state index is 0.0234. The van der Waals surface area contributed by atoms with Crippen LogP contribution in [0.3, 0.4) is 0 Å². The highest BCUT2D eigenvalue weighted by atomic mass is 19.1. The summed E-state index contributed by atoms with van der Waals surface area (Å²) in [5.74, 6) is -0.729. The summed E-state index contributed by atoms with van der Waals surface area (Å²) in [6.45, 7) is 4.69. The Kier molecular flexibility index (Phi) is 10.6. The fraction of sp³-hybridized carbons (Fsp3) is 0.314. The number of nitrogens with two attached hydrogens (primary N) is 2. The number of pyridine rings is 1. The maximum Gasteiger partial charge on any atom is 0.237 e. The Bertz CT molecular complexity index is 1770. The normalized spacial score (nSPS) is 16.5. The molecule has 0 saturated carbocycles. The highest BCUT2D eigenvalue weighted by molar-refractivity contribution is 6.13. The zero-order valence-electron chi connectivity index (χ0n) is 27.1. The van der Waals surface area contributed by atoms with Gasteiger partial charge in [0.05, 0.1) is 37.8 Å². The molecule has 1 atom stereocenters. The van der Waals surface area contributed by atoms with Crippen molar-refractivity contribution < 1.29 is 18.7 Å². The van der Waals surface area contributed by atoms with Gasteiger partial charge in [0.1, 0.15) is 11.4 Å². The number of aromatic nitrogens is 1. The number of methoxy groups -OCH3 is 1. The number of halogens is 1. The third-order valence-corrected chi connectivity index (χ3v) is 8.76. The van der Waals surface area contributed by atoms with Crippen LogP contribution in [-0.4, -0.2) is 90.9 Å². The van der Waals surface area contributed by atoms with Crippen molar-refractivity contribution in [2.24, 2.45) is 16.6 Å². The molecule has 0 spiro atoms. The number of amides is 2. The number of hydrogen-bond donors (Lipinski definition) is 4. The first-order chi connectivity index (χ1) is 23.1. The number of anilines is 2. The van der Waals surface area contributed by atoms with Crippen LogP contribution < -0.4 is 21.1 Å². The molecule has 3 aromatic rings. The van der Waals surface area contributed by atoms with Gasteiger partial charge >= 0.3 is 0 Å². The second-order valence-electron chi connectivity index (χ2n) is 11.7. The van der Waals surface area contributed by atoms with E-state index in [0.29, 0.717) is 50.4 Å². The molecule has 5 rings (SSSR count). The van der Waals surface area contributed by atoms with Crippen LogP contribution >= 0.6 is 0 Å². The standard InChI is InChI=1S/C35H40FN9O3/c1-3-45(26-8-9-30(38)28(16-26)32(39)33-29(36)17-27(48-2)18-41-33)35(47)25-10-13-43(19-25)20-31(46)44-14-11-23(12-15-44)22-4-6-24(7-5-22)34(40)42-21-37/h4-9,11,16-18,21,25,39H,3,10,12-15,19-20,38H2,1-2H3,(H3,37,40,42)/t25-/m1/s1. The van der Waals surface area contributed by atoms with E-state index in [2.05, 4.69) is 16.1 Å². The average Bonchev–Trinajstić information content (AvgIpc) is 3.57. The predicted octanol–water partition coefficient (Wildman–Crippen LogP) is 3.53. The lowest BCUT2D eigenvalue weighted by atomic mass is 9.98. The second kappa shape index (κ2) is 15.0. The molecule has 0 radical (unpaired) electrons. The van der Waals surface area contributed by atoms with Gasteiger partial charge in [0, 0.05) is 54.7 Å². The zero-order valence-corrected chi connectivity index (χ0v) is 27.1. The molecule has 48 heavy (non-hydrogen) atoms. The smallest absolute Gasteiger partial charge is 0.237 e. The summed E-state index contributed by atoms with van der Waals surface area (Å²) in [4.78, 5) is 40.3. The summed E-state index contributed by atoms with van der Waals surface area (Å²) in [6, 6.07) is 13.7. The summed E-state index contributed by atoms with van der Waals surface area (Å²) < 4.78 is 19.7. The fourth-order valence-electron chi connectivity index (χ4n) is 6.08. The van der Waals surface area contributed by atoms with Gasteiger partial charge in [0.15, 0.2) is 11.7 Å². The van der Waals surface area contributed by atoms with E-state index < -0.39 is 5.82 Å². The van der Waals surface area contributed by atoms with Crippen molar-refractivity contribution in [3.8, 4) is 5.75 Å². The SMILES string of the molecule is CCN(C(=O)[C@@H]1CCN(CC(=O)N2CC=C(c3ccc(C(=N)/N=C\N)cc3)CC2)C1)c1ccc(N)c(C(=N)c2ncc(OC)cc2F)c1. The van der Waals surface area contributed by atoms with Gasteiger partial charge in [-0.2, -0.15) is 0 Å². The number of nitrogen functional groups attached to an aromatic ring is 1. The molecule has 1 fully saturated rings. The summed E-state index contributed by atoms with van der Waals surface area (Å²) in [7, 11) is 1.40. The topological polar surface area (TPSA) is 178 Å². The molecule has 1 saturated heterocycles. The van der Waals surface area contributed by atoms with Crippen LogP contribution in [0.2, 0.25) is 0 Å². The van der Waals surface area contributed by atoms with Gasteiger partial charge in [-0.15, -0.1) is 0 Å². The molecule has 13 heteroatoms. The Hall–Kier alpha value is -5.43. The Morgan fingerprint density at radius 3 is 2.58 bits per heavy atom. The summed E-state index contributed by atoms with van der Waals surface area (Å²) in [5.41, 5.74) is 15.1. The van der Waals surface area contributed by atoms with E-state index in [1.54, 1.807) is 23.1 Å². The molecule has 250 valence electrons.